The molecule has 0 bridgehead atoms. The summed E-state index contributed by atoms with van der Waals surface area (Å²) in [5.41, 5.74) is 2.86. The summed E-state index contributed by atoms with van der Waals surface area (Å²) in [6.07, 6.45) is 0.639. The van der Waals surface area contributed by atoms with Crippen LogP contribution in [0, 0.1) is 17.0 Å². The molecule has 3 aromatic rings. The molecular weight excluding hydrogens is 330 g/mol. The van der Waals surface area contributed by atoms with Gasteiger partial charge < -0.3 is 4.42 Å². The van der Waals surface area contributed by atoms with Gasteiger partial charge in [0.15, 0.2) is 12.0 Å². The highest BCUT2D eigenvalue weighted by atomic mass is 16.6. The van der Waals surface area contributed by atoms with Gasteiger partial charge in [0.25, 0.3) is 0 Å². The smallest absolute Gasteiger partial charge is 0.211 e. The Labute approximate surface area is 151 Å². The van der Waals surface area contributed by atoms with Crippen LogP contribution in [0.3, 0.4) is 0 Å². The van der Waals surface area contributed by atoms with Gasteiger partial charge >= 0.3 is 0 Å². The number of hydrogen-bond donors (Lipinski definition) is 0. The summed E-state index contributed by atoms with van der Waals surface area (Å²) in [5, 5.41) is 11.4. The summed E-state index contributed by atoms with van der Waals surface area (Å²) in [5.74, 6) is -0.0212. The van der Waals surface area contributed by atoms with E-state index < -0.39 is 5.92 Å². The maximum absolute atomic E-state index is 11.4. The molecule has 26 heavy (non-hydrogen) atoms. The van der Waals surface area contributed by atoms with Crippen molar-refractivity contribution in [2.24, 2.45) is 0 Å². The van der Waals surface area contributed by atoms with E-state index >= 15 is 0 Å². The third kappa shape index (κ3) is 3.88. The van der Waals surface area contributed by atoms with Gasteiger partial charge in [-0.3, -0.25) is 14.9 Å². The van der Waals surface area contributed by atoms with Crippen molar-refractivity contribution < 1.29 is 14.1 Å². The Bertz CT molecular complexity index is 884. The summed E-state index contributed by atoms with van der Waals surface area (Å²) in [6.45, 7) is 1.74. The molecule has 0 saturated heterocycles. The Morgan fingerprint density at radius 3 is 2.27 bits per heavy atom. The fourth-order valence-corrected chi connectivity index (χ4v) is 3.23. The molecule has 3 rings (SSSR count). The molecule has 1 aromatic heterocycles. The average molecular weight is 349 g/mol. The maximum Gasteiger partial charge on any atom is 0.211 e. The molecule has 0 fully saturated rings. The van der Waals surface area contributed by atoms with Gasteiger partial charge in [-0.2, -0.15) is 0 Å². The highest BCUT2D eigenvalue weighted by Gasteiger charge is 2.32. The molecule has 0 unspecified atom stereocenters. The predicted molar refractivity (Wildman–Crippen MR) is 98.2 cm³/mol. The minimum Gasteiger partial charge on any atom is -0.458 e. The lowest BCUT2D eigenvalue weighted by Crippen LogP contribution is -2.21. The number of nitrogens with zero attached hydrogens (tertiary/aromatic N) is 1. The van der Waals surface area contributed by atoms with Crippen molar-refractivity contribution >= 4 is 6.29 Å². The van der Waals surface area contributed by atoms with E-state index in [9.17, 15) is 14.9 Å². The molecule has 1 heterocycles. The van der Waals surface area contributed by atoms with Gasteiger partial charge in [0, 0.05) is 4.92 Å². The van der Waals surface area contributed by atoms with Crippen LogP contribution in [0.25, 0.3) is 0 Å². The van der Waals surface area contributed by atoms with Crippen molar-refractivity contribution in [3.05, 3.63) is 105 Å². The van der Waals surface area contributed by atoms with Gasteiger partial charge in [0.05, 0.1) is 11.8 Å². The van der Waals surface area contributed by atoms with Gasteiger partial charge in [0.1, 0.15) is 5.76 Å². The van der Waals surface area contributed by atoms with Crippen LogP contribution in [-0.4, -0.2) is 17.8 Å². The van der Waals surface area contributed by atoms with Crippen LogP contribution in [-0.2, 0) is 0 Å². The molecule has 0 radical (unpaired) electrons. The monoisotopic (exact) mass is 349 g/mol. The van der Waals surface area contributed by atoms with E-state index in [2.05, 4.69) is 0 Å². The second-order valence-electron chi connectivity index (χ2n) is 6.28. The number of hydrogen-bond acceptors (Lipinski definition) is 4. The third-order valence-electron chi connectivity index (χ3n) is 4.48. The Morgan fingerprint density at radius 2 is 1.69 bits per heavy atom. The first kappa shape index (κ1) is 17.6. The maximum atomic E-state index is 11.4. The van der Waals surface area contributed by atoms with Crippen LogP contribution in [0.5, 0.6) is 0 Å². The van der Waals surface area contributed by atoms with E-state index in [1.54, 1.807) is 12.1 Å². The van der Waals surface area contributed by atoms with Crippen molar-refractivity contribution in [1.29, 1.82) is 0 Å². The van der Waals surface area contributed by atoms with E-state index in [-0.39, 0.29) is 23.1 Å². The number of carbonyl (C=O) groups is 1. The van der Waals surface area contributed by atoms with Crippen LogP contribution >= 0.6 is 0 Å². The highest BCUT2D eigenvalue weighted by molar-refractivity contribution is 5.70. The SMILES string of the molecule is Cc1ccc([C@H](C[N+](=O)[O-])[C@@H](c2ccccc2)c2ccc(C=O)o2)cc1. The Morgan fingerprint density at radius 1 is 1.00 bits per heavy atom. The van der Waals surface area contributed by atoms with E-state index in [1.807, 2.05) is 61.5 Å². The summed E-state index contributed by atoms with van der Waals surface area (Å²) in [6, 6.07) is 20.6. The molecule has 0 amide bonds. The minimum absolute atomic E-state index is 0.213. The first-order chi connectivity index (χ1) is 12.6. The number of aryl methyl sites for hydroxylation is 1. The van der Waals surface area contributed by atoms with Crippen LogP contribution in [0.1, 0.15) is 44.8 Å². The van der Waals surface area contributed by atoms with Gasteiger partial charge in [-0.1, -0.05) is 60.2 Å². The van der Waals surface area contributed by atoms with E-state index in [0.717, 1.165) is 16.7 Å². The first-order valence-corrected chi connectivity index (χ1v) is 8.36. The molecule has 2 atom stereocenters. The molecule has 0 aliphatic heterocycles. The van der Waals surface area contributed by atoms with Gasteiger partial charge in [-0.05, 0) is 30.2 Å². The van der Waals surface area contributed by atoms with Gasteiger partial charge in [-0.15, -0.1) is 0 Å². The molecule has 0 spiro atoms. The van der Waals surface area contributed by atoms with Crippen molar-refractivity contribution in [1.82, 2.24) is 0 Å². The largest absolute Gasteiger partial charge is 0.458 e. The molecule has 5 nitrogen and oxygen atoms in total. The number of furan rings is 1. The number of carbonyl (C=O) groups excluding carboxylic acids is 1. The van der Waals surface area contributed by atoms with Crippen molar-refractivity contribution in [2.75, 3.05) is 6.54 Å². The van der Waals surface area contributed by atoms with Crippen molar-refractivity contribution in [3.63, 3.8) is 0 Å². The lowest BCUT2D eigenvalue weighted by Gasteiger charge is -2.24. The van der Waals surface area contributed by atoms with Crippen LogP contribution in [0.4, 0.5) is 0 Å². The Kier molecular flexibility index (Phi) is 5.27. The molecule has 5 heteroatoms. The van der Waals surface area contributed by atoms with Crippen molar-refractivity contribution in [3.8, 4) is 0 Å². The van der Waals surface area contributed by atoms with Gasteiger partial charge in [-0.25, -0.2) is 0 Å². The molecular formula is C21H19NO4. The zero-order valence-electron chi connectivity index (χ0n) is 14.4. The predicted octanol–water partition coefficient (Wildman–Crippen LogP) is 4.59. The lowest BCUT2D eigenvalue weighted by atomic mass is 9.79. The normalized spacial score (nSPS) is 13.1. The van der Waals surface area contributed by atoms with E-state index in [0.29, 0.717) is 12.0 Å². The summed E-state index contributed by atoms with van der Waals surface area (Å²) in [7, 11) is 0. The molecule has 0 aliphatic carbocycles. The fourth-order valence-electron chi connectivity index (χ4n) is 3.23. The first-order valence-electron chi connectivity index (χ1n) is 8.36. The minimum atomic E-state index is -0.418. The van der Waals surface area contributed by atoms with Crippen LogP contribution < -0.4 is 0 Å². The quantitative estimate of drug-likeness (QED) is 0.355. The summed E-state index contributed by atoms with van der Waals surface area (Å²) < 4.78 is 5.67. The highest BCUT2D eigenvalue weighted by Crippen LogP contribution is 2.39. The van der Waals surface area contributed by atoms with Crippen LogP contribution in [0.15, 0.2) is 71.1 Å². The van der Waals surface area contributed by atoms with E-state index in [4.69, 9.17) is 4.42 Å². The Balaban J connectivity index is 2.13. The fraction of sp³-hybridized carbons (Fsp3) is 0.190. The average Bonchev–Trinajstić information content (AvgIpc) is 3.11. The molecule has 2 aromatic carbocycles. The second-order valence-corrected chi connectivity index (χ2v) is 6.28. The molecule has 132 valence electrons. The van der Waals surface area contributed by atoms with E-state index in [1.165, 1.54) is 0 Å². The summed E-state index contributed by atoms with van der Waals surface area (Å²) >= 11 is 0. The Hall–Kier alpha value is -3.21. The zero-order chi connectivity index (χ0) is 18.5. The third-order valence-corrected chi connectivity index (χ3v) is 4.48. The van der Waals surface area contributed by atoms with Gasteiger partial charge in [0.2, 0.25) is 6.54 Å². The zero-order valence-corrected chi connectivity index (χ0v) is 14.4. The topological polar surface area (TPSA) is 73.3 Å². The molecule has 0 aliphatic rings. The lowest BCUT2D eigenvalue weighted by molar-refractivity contribution is -0.483. The number of rotatable bonds is 7. The summed E-state index contributed by atoms with van der Waals surface area (Å²) in [4.78, 5) is 22.1. The molecule has 0 N–H and O–H groups in total. The number of nitro groups is 1. The van der Waals surface area contributed by atoms with Crippen LogP contribution in [0.2, 0.25) is 0 Å². The number of aldehydes is 1. The second kappa shape index (κ2) is 7.78. The van der Waals surface area contributed by atoms with Crippen molar-refractivity contribution in [2.45, 2.75) is 18.8 Å². The standard InChI is InChI=1S/C21H19NO4/c1-15-7-9-16(10-8-15)19(13-22(24)25)21(17-5-3-2-4-6-17)20-12-11-18(14-23)26-20/h2-12,14,19,21H,13H2,1H3/t19-,21+/m0/s1. The molecule has 0 saturated carbocycles. The number of benzene rings is 2.